The molecular weight excluding hydrogens is 176 g/mol. The highest BCUT2D eigenvalue weighted by atomic mass is 28.3. The first kappa shape index (κ1) is 10.5. The highest BCUT2D eigenvalue weighted by molar-refractivity contribution is 6.67. The van der Waals surface area contributed by atoms with Crippen LogP contribution in [0.4, 0.5) is 0 Å². The number of hydrogen-bond acceptors (Lipinski definition) is 1. The summed E-state index contributed by atoms with van der Waals surface area (Å²) in [4.78, 5) is 10.0. The van der Waals surface area contributed by atoms with Crippen LogP contribution in [0.3, 0.4) is 0 Å². The third kappa shape index (κ3) is 2.42. The van der Waals surface area contributed by atoms with Gasteiger partial charge in [-0.05, 0) is 22.7 Å². The zero-order chi connectivity index (χ0) is 9.84. The second kappa shape index (κ2) is 4.58. The van der Waals surface area contributed by atoms with E-state index in [4.69, 9.17) is 0 Å². The maximum Gasteiger partial charge on any atom is 0.206 e. The van der Waals surface area contributed by atoms with Crippen molar-refractivity contribution < 1.29 is 4.80 Å². The molecule has 0 amide bonds. The van der Waals surface area contributed by atoms with Gasteiger partial charge in [-0.1, -0.05) is 45.0 Å². The zero-order valence-corrected chi connectivity index (χ0v) is 9.77. The Bertz CT molecular complexity index is 271. The molecular formula is C11H18OSi. The van der Waals surface area contributed by atoms with Crippen LogP contribution < -0.4 is 5.19 Å². The van der Waals surface area contributed by atoms with Gasteiger partial charge < -0.3 is 4.80 Å². The van der Waals surface area contributed by atoms with Crippen molar-refractivity contribution in [1.29, 1.82) is 0 Å². The molecule has 0 saturated heterocycles. The summed E-state index contributed by atoms with van der Waals surface area (Å²) in [6, 6.07) is 8.26. The number of aryl methyl sites for hydroxylation is 1. The predicted molar refractivity (Wildman–Crippen MR) is 59.9 cm³/mol. The molecule has 2 heteroatoms. The second-order valence-corrected chi connectivity index (χ2v) is 6.59. The predicted octanol–water partition coefficient (Wildman–Crippen LogP) is 1.58. The van der Waals surface area contributed by atoms with Crippen LogP contribution in [-0.2, 0) is 6.42 Å². The first-order chi connectivity index (χ1) is 6.16. The van der Waals surface area contributed by atoms with E-state index >= 15 is 0 Å². The van der Waals surface area contributed by atoms with E-state index in [1.54, 1.807) is 0 Å². The molecule has 1 unspecified atom stereocenters. The van der Waals surface area contributed by atoms with Crippen LogP contribution in [0.1, 0.15) is 26.3 Å². The van der Waals surface area contributed by atoms with E-state index in [1.807, 2.05) is 12.1 Å². The van der Waals surface area contributed by atoms with Gasteiger partial charge in [-0.3, -0.25) is 0 Å². The maximum absolute atomic E-state index is 10.0. The number of benzene rings is 1. The van der Waals surface area contributed by atoms with Gasteiger partial charge in [0.1, 0.15) is 0 Å². The number of hydrogen-bond donors (Lipinski definition) is 1. The molecule has 1 atom stereocenters. The lowest BCUT2D eigenvalue weighted by Gasteiger charge is -2.15. The molecule has 0 bridgehead atoms. The van der Waals surface area contributed by atoms with Gasteiger partial charge in [-0.15, -0.1) is 0 Å². The molecule has 0 aliphatic carbocycles. The summed E-state index contributed by atoms with van der Waals surface area (Å²) in [6.07, 6.45) is 1.02. The minimum absolute atomic E-state index is 0.424. The van der Waals surface area contributed by atoms with Crippen LogP contribution in [0, 0.1) is 0 Å². The van der Waals surface area contributed by atoms with Crippen molar-refractivity contribution in [2.45, 2.75) is 32.7 Å². The maximum atomic E-state index is 10.0. The monoisotopic (exact) mass is 194 g/mol. The van der Waals surface area contributed by atoms with Crippen molar-refractivity contribution in [2.24, 2.45) is 0 Å². The average Bonchev–Trinajstić information content (AvgIpc) is 2.16. The lowest BCUT2D eigenvalue weighted by Crippen LogP contribution is -2.35. The quantitative estimate of drug-likeness (QED) is 0.724. The first-order valence-electron chi connectivity index (χ1n) is 4.92. The van der Waals surface area contributed by atoms with Crippen molar-refractivity contribution >= 4 is 14.2 Å². The van der Waals surface area contributed by atoms with E-state index < -0.39 is 9.04 Å². The molecule has 0 spiro atoms. The molecule has 0 radical (unpaired) electrons. The lowest BCUT2D eigenvalue weighted by molar-refractivity contribution is 0.569. The summed E-state index contributed by atoms with van der Waals surface area (Å²) in [7, 11) is -1.69. The van der Waals surface area contributed by atoms with Gasteiger partial charge in [-0.25, -0.2) is 0 Å². The number of rotatable bonds is 3. The molecule has 1 aromatic rings. The minimum Gasteiger partial charge on any atom is -0.430 e. The normalized spacial score (nSPS) is 13.3. The van der Waals surface area contributed by atoms with Crippen LogP contribution in [0.5, 0.6) is 0 Å². The van der Waals surface area contributed by atoms with E-state index in [1.165, 1.54) is 10.8 Å². The molecule has 0 heterocycles. The van der Waals surface area contributed by atoms with Gasteiger partial charge >= 0.3 is 0 Å². The van der Waals surface area contributed by atoms with Crippen LogP contribution in [-0.4, -0.2) is 13.8 Å². The molecule has 72 valence electrons. The Morgan fingerprint density at radius 3 is 2.46 bits per heavy atom. The second-order valence-electron chi connectivity index (χ2n) is 3.74. The molecule has 0 aromatic heterocycles. The van der Waals surface area contributed by atoms with Crippen LogP contribution in [0.25, 0.3) is 0 Å². The first-order valence-corrected chi connectivity index (χ1v) is 6.68. The molecule has 1 rings (SSSR count). The third-order valence-corrected chi connectivity index (χ3v) is 4.85. The van der Waals surface area contributed by atoms with Crippen molar-refractivity contribution in [3.8, 4) is 0 Å². The van der Waals surface area contributed by atoms with E-state index in [2.05, 4.69) is 32.9 Å². The zero-order valence-electron chi connectivity index (χ0n) is 8.62. The van der Waals surface area contributed by atoms with Crippen molar-refractivity contribution in [3.05, 3.63) is 29.8 Å². The fraction of sp³-hybridized carbons (Fsp3) is 0.455. The van der Waals surface area contributed by atoms with Crippen LogP contribution in [0.15, 0.2) is 24.3 Å². The molecule has 13 heavy (non-hydrogen) atoms. The Labute approximate surface area is 82.2 Å². The summed E-state index contributed by atoms with van der Waals surface area (Å²) in [5.41, 5.74) is 1.74. The molecule has 1 aromatic carbocycles. The molecule has 1 N–H and O–H groups in total. The highest BCUT2D eigenvalue weighted by Gasteiger charge is 2.16. The summed E-state index contributed by atoms with van der Waals surface area (Å²) in [5.74, 6) is 0. The fourth-order valence-corrected chi connectivity index (χ4v) is 3.21. The van der Waals surface area contributed by atoms with Crippen molar-refractivity contribution in [2.75, 3.05) is 0 Å². The van der Waals surface area contributed by atoms with Crippen LogP contribution >= 0.6 is 0 Å². The SMILES string of the molecule is CCc1ccccc1[SiH](O)C(C)C. The smallest absolute Gasteiger partial charge is 0.206 e. The Morgan fingerprint density at radius 1 is 1.31 bits per heavy atom. The average molecular weight is 194 g/mol. The Kier molecular flexibility index (Phi) is 3.69. The molecule has 1 nitrogen and oxygen atoms in total. The summed E-state index contributed by atoms with van der Waals surface area (Å²) in [6.45, 7) is 6.34. The fourth-order valence-electron chi connectivity index (χ4n) is 1.50. The Hall–Kier alpha value is -0.603. The van der Waals surface area contributed by atoms with Gasteiger partial charge in [-0.2, -0.15) is 0 Å². The third-order valence-electron chi connectivity index (χ3n) is 2.39. The summed E-state index contributed by atoms with van der Waals surface area (Å²) in [5, 5.41) is 1.22. The van der Waals surface area contributed by atoms with Gasteiger partial charge in [0, 0.05) is 0 Å². The van der Waals surface area contributed by atoms with E-state index in [9.17, 15) is 4.80 Å². The topological polar surface area (TPSA) is 20.2 Å². The summed E-state index contributed by atoms with van der Waals surface area (Å²) < 4.78 is 0. The standard InChI is InChI=1S/C11H18OSi/c1-4-10-7-5-6-8-11(10)13(12)9(2)3/h5-9,12-13H,4H2,1-3H3. The molecule has 0 fully saturated rings. The van der Waals surface area contributed by atoms with Crippen LogP contribution in [0.2, 0.25) is 5.54 Å². The van der Waals surface area contributed by atoms with Gasteiger partial charge in [0.15, 0.2) is 0 Å². The minimum atomic E-state index is -1.69. The molecule has 0 saturated carbocycles. The Balaban J connectivity index is 2.98. The summed E-state index contributed by atoms with van der Waals surface area (Å²) >= 11 is 0. The lowest BCUT2D eigenvalue weighted by atomic mass is 10.2. The van der Waals surface area contributed by atoms with Gasteiger partial charge in [0.2, 0.25) is 9.04 Å². The Morgan fingerprint density at radius 2 is 1.92 bits per heavy atom. The van der Waals surface area contributed by atoms with Gasteiger partial charge in [0.05, 0.1) is 0 Å². The largest absolute Gasteiger partial charge is 0.430 e. The van der Waals surface area contributed by atoms with Crippen molar-refractivity contribution in [3.63, 3.8) is 0 Å². The highest BCUT2D eigenvalue weighted by Crippen LogP contribution is 2.08. The van der Waals surface area contributed by atoms with Crippen molar-refractivity contribution in [1.82, 2.24) is 0 Å². The molecule has 0 aliphatic heterocycles. The molecule has 0 aliphatic rings. The van der Waals surface area contributed by atoms with E-state index in [-0.39, 0.29) is 0 Å². The van der Waals surface area contributed by atoms with E-state index in [0.29, 0.717) is 5.54 Å². The van der Waals surface area contributed by atoms with Gasteiger partial charge in [0.25, 0.3) is 0 Å². The van der Waals surface area contributed by atoms with E-state index in [0.717, 1.165) is 6.42 Å².